The van der Waals surface area contributed by atoms with Gasteiger partial charge in [-0.05, 0) is 41.8 Å². The average molecular weight is 407 g/mol. The van der Waals surface area contributed by atoms with Gasteiger partial charge in [-0.25, -0.2) is 0 Å². The molecule has 0 aliphatic rings. The zero-order valence-electron chi connectivity index (χ0n) is 17.1. The Bertz CT molecular complexity index is 816. The Morgan fingerprint density at radius 3 is 2.48 bits per heavy atom. The Labute approximate surface area is 170 Å². The lowest BCUT2D eigenvalue weighted by Gasteiger charge is -2.22. The molecule has 2 aromatic rings. The van der Waals surface area contributed by atoms with Gasteiger partial charge in [0.2, 0.25) is 0 Å². The third-order valence-electron chi connectivity index (χ3n) is 4.33. The van der Waals surface area contributed by atoms with E-state index in [9.17, 15) is 8.78 Å². The fraction of sp³-hybridized carbons (Fsp3) is 0.381. The first kappa shape index (κ1) is 22.3. The van der Waals surface area contributed by atoms with Gasteiger partial charge in [-0.3, -0.25) is 4.99 Å². The molecule has 0 saturated heterocycles. The maximum absolute atomic E-state index is 12.4. The van der Waals surface area contributed by atoms with Crippen molar-refractivity contribution < 1.29 is 23.0 Å². The largest absolute Gasteiger partial charge is 0.493 e. The number of likely N-dealkylation sites (N-methyl/N-ethyl adjacent to an activating group) is 1. The summed E-state index contributed by atoms with van der Waals surface area (Å²) in [6.07, 6.45) is 0.787. The lowest BCUT2D eigenvalue weighted by atomic mass is 10.1. The van der Waals surface area contributed by atoms with Crippen LogP contribution in [-0.2, 0) is 13.0 Å². The fourth-order valence-electron chi connectivity index (χ4n) is 2.84. The van der Waals surface area contributed by atoms with Gasteiger partial charge in [-0.2, -0.15) is 8.78 Å². The van der Waals surface area contributed by atoms with Crippen molar-refractivity contribution >= 4 is 5.96 Å². The van der Waals surface area contributed by atoms with Crippen molar-refractivity contribution in [3.63, 3.8) is 0 Å². The summed E-state index contributed by atoms with van der Waals surface area (Å²) in [5.41, 5.74) is 1.93. The molecule has 8 heteroatoms. The van der Waals surface area contributed by atoms with E-state index in [1.165, 1.54) is 6.07 Å². The molecule has 158 valence electrons. The zero-order chi connectivity index (χ0) is 21.2. The van der Waals surface area contributed by atoms with Gasteiger partial charge in [0.1, 0.15) is 5.75 Å². The summed E-state index contributed by atoms with van der Waals surface area (Å²) in [5.74, 6) is 2.22. The van der Waals surface area contributed by atoms with Gasteiger partial charge in [-0.1, -0.05) is 18.2 Å². The zero-order valence-corrected chi connectivity index (χ0v) is 17.1. The van der Waals surface area contributed by atoms with Crippen molar-refractivity contribution in [1.82, 2.24) is 10.2 Å². The van der Waals surface area contributed by atoms with Crippen LogP contribution in [0.15, 0.2) is 47.5 Å². The molecule has 0 atom stereocenters. The Balaban J connectivity index is 1.91. The highest BCUT2D eigenvalue weighted by molar-refractivity contribution is 5.79. The van der Waals surface area contributed by atoms with Crippen molar-refractivity contribution in [2.24, 2.45) is 4.99 Å². The monoisotopic (exact) mass is 407 g/mol. The summed E-state index contributed by atoms with van der Waals surface area (Å²) < 4.78 is 39.8. The van der Waals surface area contributed by atoms with E-state index < -0.39 is 6.61 Å². The van der Waals surface area contributed by atoms with E-state index in [1.54, 1.807) is 33.4 Å². The van der Waals surface area contributed by atoms with Crippen molar-refractivity contribution in [2.45, 2.75) is 19.6 Å². The number of guanidine groups is 1. The molecule has 0 bridgehead atoms. The molecule has 0 saturated carbocycles. The number of aliphatic imine (C=N–C) groups is 1. The van der Waals surface area contributed by atoms with E-state index in [2.05, 4.69) is 15.0 Å². The minimum atomic E-state index is -2.84. The highest BCUT2D eigenvalue weighted by Crippen LogP contribution is 2.27. The van der Waals surface area contributed by atoms with Gasteiger partial charge in [0, 0.05) is 27.2 Å². The molecule has 2 aromatic carbocycles. The standard InChI is InChI=1S/C21H27F2N3O3/c1-24-21(25-14-16-6-5-7-17(12-16)29-20(22)23)26(2)11-10-15-8-9-18(27-3)19(13-15)28-4/h5-9,12-13,20H,10-11,14H2,1-4H3,(H,24,25). The first-order chi connectivity index (χ1) is 14.0. The molecule has 29 heavy (non-hydrogen) atoms. The van der Waals surface area contributed by atoms with E-state index in [-0.39, 0.29) is 5.75 Å². The van der Waals surface area contributed by atoms with E-state index in [1.807, 2.05) is 36.2 Å². The van der Waals surface area contributed by atoms with Crippen LogP contribution in [0.2, 0.25) is 0 Å². The number of alkyl halides is 2. The number of ether oxygens (including phenoxy) is 3. The second-order valence-electron chi connectivity index (χ2n) is 6.29. The highest BCUT2D eigenvalue weighted by atomic mass is 19.3. The van der Waals surface area contributed by atoms with Crippen LogP contribution in [0, 0.1) is 0 Å². The van der Waals surface area contributed by atoms with Crippen molar-refractivity contribution in [3.8, 4) is 17.2 Å². The van der Waals surface area contributed by atoms with Gasteiger partial charge < -0.3 is 24.4 Å². The molecule has 2 rings (SSSR count). The number of benzene rings is 2. The SMILES string of the molecule is CN=C(NCc1cccc(OC(F)F)c1)N(C)CCc1ccc(OC)c(OC)c1. The van der Waals surface area contributed by atoms with Gasteiger partial charge in [0.05, 0.1) is 14.2 Å². The average Bonchev–Trinajstić information content (AvgIpc) is 2.72. The Hall–Kier alpha value is -3.03. The van der Waals surface area contributed by atoms with Crippen LogP contribution in [0.25, 0.3) is 0 Å². The van der Waals surface area contributed by atoms with Crippen molar-refractivity contribution in [3.05, 3.63) is 53.6 Å². The van der Waals surface area contributed by atoms with Crippen LogP contribution < -0.4 is 19.5 Å². The van der Waals surface area contributed by atoms with E-state index in [0.29, 0.717) is 24.0 Å². The molecule has 1 N–H and O–H groups in total. The number of nitrogens with one attached hydrogen (secondary N) is 1. The molecule has 0 spiro atoms. The van der Waals surface area contributed by atoms with Crippen LogP contribution in [0.3, 0.4) is 0 Å². The maximum atomic E-state index is 12.4. The lowest BCUT2D eigenvalue weighted by molar-refractivity contribution is -0.0498. The van der Waals surface area contributed by atoms with Crippen molar-refractivity contribution in [1.29, 1.82) is 0 Å². The molecule has 0 unspecified atom stereocenters. The van der Waals surface area contributed by atoms with Crippen LogP contribution in [0.5, 0.6) is 17.2 Å². The summed E-state index contributed by atoms with van der Waals surface area (Å²) in [5, 5.41) is 3.23. The van der Waals surface area contributed by atoms with Crippen LogP contribution in [-0.4, -0.2) is 52.3 Å². The number of halogens is 2. The molecule has 0 heterocycles. The smallest absolute Gasteiger partial charge is 0.387 e. The normalized spacial score (nSPS) is 11.3. The Morgan fingerprint density at radius 2 is 1.83 bits per heavy atom. The van der Waals surface area contributed by atoms with E-state index in [4.69, 9.17) is 9.47 Å². The third-order valence-corrected chi connectivity index (χ3v) is 4.33. The first-order valence-corrected chi connectivity index (χ1v) is 9.13. The molecule has 0 fully saturated rings. The molecule has 6 nitrogen and oxygen atoms in total. The number of rotatable bonds is 9. The third kappa shape index (κ3) is 6.81. The number of hydrogen-bond donors (Lipinski definition) is 1. The summed E-state index contributed by atoms with van der Waals surface area (Å²) in [4.78, 5) is 6.28. The molecular formula is C21H27F2N3O3. The highest BCUT2D eigenvalue weighted by Gasteiger charge is 2.09. The first-order valence-electron chi connectivity index (χ1n) is 9.13. The van der Waals surface area contributed by atoms with Gasteiger partial charge >= 0.3 is 6.61 Å². The molecule has 0 amide bonds. The minimum absolute atomic E-state index is 0.135. The Morgan fingerprint density at radius 1 is 1.07 bits per heavy atom. The summed E-state index contributed by atoms with van der Waals surface area (Å²) >= 11 is 0. The van der Waals surface area contributed by atoms with E-state index in [0.717, 1.165) is 24.1 Å². The fourth-order valence-corrected chi connectivity index (χ4v) is 2.84. The number of methoxy groups -OCH3 is 2. The van der Waals surface area contributed by atoms with E-state index >= 15 is 0 Å². The predicted octanol–water partition coefficient (Wildman–Crippen LogP) is 3.56. The quantitative estimate of drug-likeness (QED) is 0.509. The minimum Gasteiger partial charge on any atom is -0.493 e. The topological polar surface area (TPSA) is 55.3 Å². The van der Waals surface area contributed by atoms with Gasteiger partial charge in [-0.15, -0.1) is 0 Å². The molecule has 0 aliphatic carbocycles. The molecule has 0 aromatic heterocycles. The Kier molecular flexibility index (Phi) is 8.51. The van der Waals surface area contributed by atoms with Gasteiger partial charge in [0.25, 0.3) is 0 Å². The second-order valence-corrected chi connectivity index (χ2v) is 6.29. The second kappa shape index (κ2) is 11.1. The molecule has 0 radical (unpaired) electrons. The van der Waals surface area contributed by atoms with Crippen LogP contribution in [0.1, 0.15) is 11.1 Å². The summed E-state index contributed by atoms with van der Waals surface area (Å²) in [7, 11) is 6.86. The summed E-state index contributed by atoms with van der Waals surface area (Å²) in [6, 6.07) is 12.4. The van der Waals surface area contributed by atoms with Crippen LogP contribution >= 0.6 is 0 Å². The number of nitrogens with zero attached hydrogens (tertiary/aromatic N) is 2. The number of hydrogen-bond acceptors (Lipinski definition) is 4. The lowest BCUT2D eigenvalue weighted by Crippen LogP contribution is -2.39. The van der Waals surface area contributed by atoms with Crippen LogP contribution in [0.4, 0.5) is 8.78 Å². The molecular weight excluding hydrogens is 380 g/mol. The summed E-state index contributed by atoms with van der Waals surface area (Å²) in [6.45, 7) is -1.67. The van der Waals surface area contributed by atoms with Gasteiger partial charge in [0.15, 0.2) is 17.5 Å². The molecule has 0 aliphatic heterocycles. The predicted molar refractivity (Wildman–Crippen MR) is 109 cm³/mol. The maximum Gasteiger partial charge on any atom is 0.387 e. The van der Waals surface area contributed by atoms with Crippen molar-refractivity contribution in [2.75, 3.05) is 34.9 Å².